The van der Waals surface area contributed by atoms with Gasteiger partial charge in [0.25, 0.3) is 0 Å². The summed E-state index contributed by atoms with van der Waals surface area (Å²) < 4.78 is 7.02. The lowest BCUT2D eigenvalue weighted by molar-refractivity contribution is -0.148. The third-order valence-corrected chi connectivity index (χ3v) is 2.35. The van der Waals surface area contributed by atoms with Gasteiger partial charge in [0.15, 0.2) is 0 Å². The number of rotatable bonds is 3. The molecule has 0 atom stereocenters. The van der Waals surface area contributed by atoms with Crippen LogP contribution in [0.3, 0.4) is 0 Å². The van der Waals surface area contributed by atoms with Crippen molar-refractivity contribution in [3.63, 3.8) is 0 Å². The number of carbonyl (C=O) groups excluding carboxylic acids is 1. The van der Waals surface area contributed by atoms with Crippen LogP contribution in [0.15, 0.2) is 36.5 Å². The number of aromatic nitrogens is 1. The Morgan fingerprint density at radius 3 is 2.81 bits per heavy atom. The van der Waals surface area contributed by atoms with E-state index in [0.717, 1.165) is 10.9 Å². The van der Waals surface area contributed by atoms with E-state index in [-0.39, 0.29) is 18.6 Å². The maximum atomic E-state index is 11.5. The number of esters is 1. The predicted molar refractivity (Wildman–Crippen MR) is 63.2 cm³/mol. The number of hydrogen-bond acceptors (Lipinski definition) is 2. The second-order valence-corrected chi connectivity index (χ2v) is 4.04. The van der Waals surface area contributed by atoms with E-state index in [1.807, 2.05) is 54.9 Å². The molecule has 0 fully saturated rings. The fourth-order valence-electron chi connectivity index (χ4n) is 1.72. The molecule has 0 aliphatic rings. The van der Waals surface area contributed by atoms with Crippen LogP contribution in [-0.2, 0) is 16.1 Å². The Kier molecular flexibility index (Phi) is 2.95. The fraction of sp³-hybridized carbons (Fsp3) is 0.308. The van der Waals surface area contributed by atoms with Crippen LogP contribution in [0.5, 0.6) is 0 Å². The van der Waals surface area contributed by atoms with Gasteiger partial charge in [0, 0.05) is 11.7 Å². The molecule has 1 aromatic carbocycles. The van der Waals surface area contributed by atoms with E-state index < -0.39 is 0 Å². The van der Waals surface area contributed by atoms with E-state index in [1.54, 1.807) is 0 Å². The van der Waals surface area contributed by atoms with Gasteiger partial charge in [0.1, 0.15) is 6.54 Å². The SMILES string of the molecule is CC(C)OC(=O)Cn1ccc2ccccc21. The minimum absolute atomic E-state index is 0.0608. The molecule has 0 radical (unpaired) electrons. The molecule has 0 N–H and O–H groups in total. The summed E-state index contributed by atoms with van der Waals surface area (Å²) in [7, 11) is 0. The molecule has 0 saturated heterocycles. The number of para-hydroxylation sites is 1. The Hall–Kier alpha value is -1.77. The molecule has 84 valence electrons. The average molecular weight is 217 g/mol. The zero-order valence-corrected chi connectivity index (χ0v) is 9.51. The zero-order valence-electron chi connectivity index (χ0n) is 9.51. The Morgan fingerprint density at radius 1 is 1.31 bits per heavy atom. The molecule has 3 heteroatoms. The van der Waals surface area contributed by atoms with E-state index in [1.165, 1.54) is 0 Å². The zero-order chi connectivity index (χ0) is 11.5. The summed E-state index contributed by atoms with van der Waals surface area (Å²) in [5.41, 5.74) is 1.06. The van der Waals surface area contributed by atoms with Gasteiger partial charge < -0.3 is 9.30 Å². The van der Waals surface area contributed by atoms with E-state index in [4.69, 9.17) is 4.74 Å². The van der Waals surface area contributed by atoms with Gasteiger partial charge in [-0.3, -0.25) is 4.79 Å². The maximum absolute atomic E-state index is 11.5. The summed E-state index contributed by atoms with van der Waals surface area (Å²) in [6.07, 6.45) is 1.85. The van der Waals surface area contributed by atoms with Crippen molar-refractivity contribution in [2.45, 2.75) is 26.5 Å². The van der Waals surface area contributed by atoms with E-state index in [2.05, 4.69) is 0 Å². The van der Waals surface area contributed by atoms with Crippen LogP contribution >= 0.6 is 0 Å². The number of nitrogens with zero attached hydrogens (tertiary/aromatic N) is 1. The largest absolute Gasteiger partial charge is 0.462 e. The summed E-state index contributed by atoms with van der Waals surface area (Å²) in [6.45, 7) is 3.98. The Morgan fingerprint density at radius 2 is 2.06 bits per heavy atom. The minimum Gasteiger partial charge on any atom is -0.462 e. The fourth-order valence-corrected chi connectivity index (χ4v) is 1.72. The highest BCUT2D eigenvalue weighted by Crippen LogP contribution is 2.14. The molecule has 0 unspecified atom stereocenters. The number of benzene rings is 1. The smallest absolute Gasteiger partial charge is 0.326 e. The van der Waals surface area contributed by atoms with Gasteiger partial charge in [0.2, 0.25) is 0 Å². The topological polar surface area (TPSA) is 31.2 Å². The number of hydrogen-bond donors (Lipinski definition) is 0. The first-order valence-electron chi connectivity index (χ1n) is 5.40. The van der Waals surface area contributed by atoms with Crippen LogP contribution in [0.4, 0.5) is 0 Å². The van der Waals surface area contributed by atoms with Crippen molar-refractivity contribution in [1.29, 1.82) is 0 Å². The number of fused-ring (bicyclic) bond motifs is 1. The lowest BCUT2D eigenvalue weighted by Crippen LogP contribution is -2.16. The number of ether oxygens (including phenoxy) is 1. The van der Waals surface area contributed by atoms with Gasteiger partial charge in [-0.1, -0.05) is 18.2 Å². The first-order valence-corrected chi connectivity index (χ1v) is 5.40. The van der Waals surface area contributed by atoms with E-state index >= 15 is 0 Å². The van der Waals surface area contributed by atoms with Gasteiger partial charge in [0.05, 0.1) is 6.10 Å². The summed E-state index contributed by atoms with van der Waals surface area (Å²) in [4.78, 5) is 11.5. The molecular formula is C13H15NO2. The van der Waals surface area contributed by atoms with Gasteiger partial charge in [-0.05, 0) is 31.4 Å². The lowest BCUT2D eigenvalue weighted by Gasteiger charge is -2.09. The minimum atomic E-state index is -0.198. The molecule has 2 aromatic rings. The molecule has 16 heavy (non-hydrogen) atoms. The third-order valence-electron chi connectivity index (χ3n) is 2.35. The maximum Gasteiger partial charge on any atom is 0.326 e. The quantitative estimate of drug-likeness (QED) is 0.740. The second-order valence-electron chi connectivity index (χ2n) is 4.04. The average Bonchev–Trinajstić information content (AvgIpc) is 2.61. The molecule has 0 saturated carbocycles. The van der Waals surface area contributed by atoms with Crippen LogP contribution in [-0.4, -0.2) is 16.6 Å². The van der Waals surface area contributed by atoms with Crippen molar-refractivity contribution >= 4 is 16.9 Å². The first kappa shape index (κ1) is 10.7. The van der Waals surface area contributed by atoms with E-state index in [9.17, 15) is 4.79 Å². The molecule has 0 aliphatic heterocycles. The summed E-state index contributed by atoms with van der Waals surface area (Å²) in [5, 5.41) is 1.14. The van der Waals surface area contributed by atoms with Crippen molar-refractivity contribution in [3.05, 3.63) is 36.5 Å². The highest BCUT2D eigenvalue weighted by Gasteiger charge is 2.08. The van der Waals surface area contributed by atoms with Gasteiger partial charge in [-0.2, -0.15) is 0 Å². The third kappa shape index (κ3) is 2.24. The van der Waals surface area contributed by atoms with Crippen molar-refractivity contribution in [2.24, 2.45) is 0 Å². The highest BCUT2D eigenvalue weighted by atomic mass is 16.5. The first-order chi connectivity index (χ1) is 7.66. The Bertz CT molecular complexity index is 499. The molecule has 1 aromatic heterocycles. The molecule has 0 amide bonds. The highest BCUT2D eigenvalue weighted by molar-refractivity contribution is 5.81. The lowest BCUT2D eigenvalue weighted by atomic mass is 10.2. The Balaban J connectivity index is 2.18. The standard InChI is InChI=1S/C13H15NO2/c1-10(2)16-13(15)9-14-8-7-11-5-3-4-6-12(11)14/h3-8,10H,9H2,1-2H3. The molecule has 1 heterocycles. The van der Waals surface area contributed by atoms with Gasteiger partial charge in [-0.15, -0.1) is 0 Å². The molecule has 0 spiro atoms. The van der Waals surface area contributed by atoms with Crippen LogP contribution in [0.25, 0.3) is 10.9 Å². The summed E-state index contributed by atoms with van der Waals surface area (Å²) in [5.74, 6) is -0.198. The normalized spacial score (nSPS) is 10.9. The van der Waals surface area contributed by atoms with Crippen molar-refractivity contribution in [1.82, 2.24) is 4.57 Å². The van der Waals surface area contributed by atoms with Crippen LogP contribution in [0.1, 0.15) is 13.8 Å². The second kappa shape index (κ2) is 4.39. The Labute approximate surface area is 94.6 Å². The van der Waals surface area contributed by atoms with Crippen molar-refractivity contribution < 1.29 is 9.53 Å². The number of carbonyl (C=O) groups is 1. The van der Waals surface area contributed by atoms with Crippen LogP contribution < -0.4 is 0 Å². The molecular weight excluding hydrogens is 202 g/mol. The van der Waals surface area contributed by atoms with Crippen molar-refractivity contribution in [2.75, 3.05) is 0 Å². The molecule has 0 bridgehead atoms. The van der Waals surface area contributed by atoms with E-state index in [0.29, 0.717) is 0 Å². The van der Waals surface area contributed by atoms with Crippen LogP contribution in [0.2, 0.25) is 0 Å². The van der Waals surface area contributed by atoms with Gasteiger partial charge in [-0.25, -0.2) is 0 Å². The predicted octanol–water partition coefficient (Wildman–Crippen LogP) is 2.59. The van der Waals surface area contributed by atoms with Crippen LogP contribution in [0, 0.1) is 0 Å². The van der Waals surface area contributed by atoms with Gasteiger partial charge >= 0.3 is 5.97 Å². The molecule has 3 nitrogen and oxygen atoms in total. The molecule has 0 aliphatic carbocycles. The molecule has 2 rings (SSSR count). The summed E-state index contributed by atoms with van der Waals surface area (Å²) in [6, 6.07) is 9.97. The monoisotopic (exact) mass is 217 g/mol. The summed E-state index contributed by atoms with van der Waals surface area (Å²) >= 11 is 0. The van der Waals surface area contributed by atoms with Crippen molar-refractivity contribution in [3.8, 4) is 0 Å².